The first-order valence-corrected chi connectivity index (χ1v) is 7.79. The predicted molar refractivity (Wildman–Crippen MR) is 75.7 cm³/mol. The topological polar surface area (TPSA) is 55.4 Å². The number of hydrogen-bond donors (Lipinski definition) is 1. The van der Waals surface area contributed by atoms with Crippen LogP contribution in [0.3, 0.4) is 0 Å². The molecule has 0 saturated carbocycles. The Kier molecular flexibility index (Phi) is 4.71. The second kappa shape index (κ2) is 6.29. The standard InChI is InChI=1S/C13H12BrNO3S/c14-12-6-8-13(9-7-12)19(16,17)15-18-10-11-4-2-1-3-5-11/h1-9,15H,10H2. The second-order valence-corrected chi connectivity index (χ2v) is 6.38. The van der Waals surface area contributed by atoms with E-state index < -0.39 is 10.0 Å². The van der Waals surface area contributed by atoms with Crippen molar-refractivity contribution in [3.8, 4) is 0 Å². The molecule has 0 aliphatic rings. The van der Waals surface area contributed by atoms with E-state index in [4.69, 9.17) is 4.84 Å². The van der Waals surface area contributed by atoms with Gasteiger partial charge >= 0.3 is 0 Å². The number of sulfonamides is 1. The van der Waals surface area contributed by atoms with Crippen molar-refractivity contribution in [2.24, 2.45) is 0 Å². The highest BCUT2D eigenvalue weighted by atomic mass is 79.9. The molecule has 2 aromatic carbocycles. The molecule has 0 fully saturated rings. The summed E-state index contributed by atoms with van der Waals surface area (Å²) in [6, 6.07) is 15.6. The average Bonchev–Trinajstić information content (AvgIpc) is 2.40. The lowest BCUT2D eigenvalue weighted by molar-refractivity contribution is 0.0795. The van der Waals surface area contributed by atoms with Crippen LogP contribution in [-0.2, 0) is 21.5 Å². The highest BCUT2D eigenvalue weighted by molar-refractivity contribution is 9.10. The maximum atomic E-state index is 11.9. The van der Waals surface area contributed by atoms with Crippen LogP contribution in [0.25, 0.3) is 0 Å². The van der Waals surface area contributed by atoms with Gasteiger partial charge in [-0.2, -0.15) is 0 Å². The van der Waals surface area contributed by atoms with Crippen LogP contribution in [0, 0.1) is 0 Å². The molecule has 2 rings (SSSR count). The third-order valence-corrected chi connectivity index (χ3v) is 4.13. The van der Waals surface area contributed by atoms with Gasteiger partial charge in [-0.25, -0.2) is 8.42 Å². The van der Waals surface area contributed by atoms with Crippen molar-refractivity contribution >= 4 is 26.0 Å². The van der Waals surface area contributed by atoms with Gasteiger partial charge in [0.1, 0.15) is 0 Å². The summed E-state index contributed by atoms with van der Waals surface area (Å²) in [7, 11) is -3.64. The van der Waals surface area contributed by atoms with Crippen LogP contribution in [-0.4, -0.2) is 8.42 Å². The molecule has 0 atom stereocenters. The largest absolute Gasteiger partial charge is 0.282 e. The highest BCUT2D eigenvalue weighted by Crippen LogP contribution is 2.14. The number of hydrogen-bond acceptors (Lipinski definition) is 3. The summed E-state index contributed by atoms with van der Waals surface area (Å²) in [5.41, 5.74) is 0.890. The van der Waals surface area contributed by atoms with Crippen LogP contribution in [0.4, 0.5) is 0 Å². The minimum atomic E-state index is -3.64. The fourth-order valence-electron chi connectivity index (χ4n) is 1.43. The second-order valence-electron chi connectivity index (χ2n) is 3.81. The molecule has 4 nitrogen and oxygen atoms in total. The Labute approximate surface area is 120 Å². The third kappa shape index (κ3) is 4.14. The zero-order valence-corrected chi connectivity index (χ0v) is 12.3. The first-order chi connectivity index (χ1) is 9.08. The summed E-state index contributed by atoms with van der Waals surface area (Å²) in [5, 5.41) is 0. The zero-order valence-electron chi connectivity index (χ0n) is 9.91. The Morgan fingerprint density at radius 1 is 1.00 bits per heavy atom. The van der Waals surface area contributed by atoms with Crippen molar-refractivity contribution in [1.29, 1.82) is 0 Å². The van der Waals surface area contributed by atoms with E-state index in [0.29, 0.717) is 0 Å². The van der Waals surface area contributed by atoms with Gasteiger partial charge in [0.15, 0.2) is 0 Å². The van der Waals surface area contributed by atoms with Crippen LogP contribution in [0.1, 0.15) is 5.56 Å². The lowest BCUT2D eigenvalue weighted by atomic mass is 10.2. The SMILES string of the molecule is O=S(=O)(NOCc1ccccc1)c1ccc(Br)cc1. The Balaban J connectivity index is 1.97. The summed E-state index contributed by atoms with van der Waals surface area (Å²) in [5.74, 6) is 0. The normalized spacial score (nSPS) is 11.4. The Hall–Kier alpha value is -1.21. The van der Waals surface area contributed by atoms with Crippen molar-refractivity contribution in [1.82, 2.24) is 4.89 Å². The quantitative estimate of drug-likeness (QED) is 0.850. The summed E-state index contributed by atoms with van der Waals surface area (Å²) in [6.45, 7) is 0.177. The van der Waals surface area contributed by atoms with E-state index in [2.05, 4.69) is 20.8 Å². The molecular weight excluding hydrogens is 330 g/mol. The van der Waals surface area contributed by atoms with Gasteiger partial charge in [-0.1, -0.05) is 51.1 Å². The highest BCUT2D eigenvalue weighted by Gasteiger charge is 2.13. The van der Waals surface area contributed by atoms with Crippen LogP contribution in [0.5, 0.6) is 0 Å². The monoisotopic (exact) mass is 341 g/mol. The first-order valence-electron chi connectivity index (χ1n) is 5.51. The molecule has 0 aliphatic heterocycles. The fraction of sp³-hybridized carbons (Fsp3) is 0.0769. The van der Waals surface area contributed by atoms with Gasteiger partial charge in [-0.15, -0.1) is 0 Å². The average molecular weight is 342 g/mol. The molecular formula is C13H12BrNO3S. The number of rotatable bonds is 5. The van der Waals surface area contributed by atoms with Gasteiger partial charge in [-0.05, 0) is 29.8 Å². The van der Waals surface area contributed by atoms with E-state index in [-0.39, 0.29) is 11.5 Å². The Morgan fingerprint density at radius 3 is 2.26 bits per heavy atom. The summed E-state index contributed by atoms with van der Waals surface area (Å²) in [6.07, 6.45) is 0. The van der Waals surface area contributed by atoms with Gasteiger partial charge in [0.2, 0.25) is 0 Å². The molecule has 1 N–H and O–H groups in total. The smallest absolute Gasteiger partial charge is 0.262 e. The molecule has 0 bridgehead atoms. The molecule has 0 aliphatic carbocycles. The van der Waals surface area contributed by atoms with Crippen molar-refractivity contribution in [2.75, 3.05) is 0 Å². The van der Waals surface area contributed by atoms with Crippen molar-refractivity contribution in [3.63, 3.8) is 0 Å². The van der Waals surface area contributed by atoms with Crippen molar-refractivity contribution in [2.45, 2.75) is 11.5 Å². The molecule has 0 saturated heterocycles. The molecule has 0 unspecified atom stereocenters. The predicted octanol–water partition coefficient (Wildman–Crippen LogP) is 2.86. The minimum absolute atomic E-state index is 0.156. The number of benzene rings is 2. The maximum Gasteiger partial charge on any atom is 0.262 e. The van der Waals surface area contributed by atoms with E-state index in [0.717, 1.165) is 10.0 Å². The molecule has 19 heavy (non-hydrogen) atoms. The third-order valence-electron chi connectivity index (χ3n) is 2.37. The first kappa shape index (κ1) is 14.2. The lowest BCUT2D eigenvalue weighted by Crippen LogP contribution is -2.23. The van der Waals surface area contributed by atoms with Crippen LogP contribution < -0.4 is 4.89 Å². The van der Waals surface area contributed by atoms with E-state index in [9.17, 15) is 8.42 Å². The molecule has 0 radical (unpaired) electrons. The van der Waals surface area contributed by atoms with Gasteiger partial charge in [-0.3, -0.25) is 4.84 Å². The van der Waals surface area contributed by atoms with Gasteiger partial charge < -0.3 is 0 Å². The molecule has 0 spiro atoms. The Morgan fingerprint density at radius 2 is 1.63 bits per heavy atom. The van der Waals surface area contributed by atoms with Crippen LogP contribution >= 0.6 is 15.9 Å². The van der Waals surface area contributed by atoms with E-state index >= 15 is 0 Å². The molecule has 2 aromatic rings. The van der Waals surface area contributed by atoms with E-state index in [1.54, 1.807) is 12.1 Å². The lowest BCUT2D eigenvalue weighted by Gasteiger charge is -2.07. The maximum absolute atomic E-state index is 11.9. The molecule has 6 heteroatoms. The fourth-order valence-corrected chi connectivity index (χ4v) is 2.50. The van der Waals surface area contributed by atoms with Crippen LogP contribution in [0.15, 0.2) is 64.0 Å². The molecule has 100 valence electrons. The van der Waals surface area contributed by atoms with Crippen molar-refractivity contribution < 1.29 is 13.3 Å². The minimum Gasteiger partial charge on any atom is -0.282 e. The molecule has 0 amide bonds. The van der Waals surface area contributed by atoms with Crippen molar-refractivity contribution in [3.05, 3.63) is 64.6 Å². The zero-order chi connectivity index (χ0) is 13.7. The van der Waals surface area contributed by atoms with Gasteiger partial charge in [0.25, 0.3) is 10.0 Å². The van der Waals surface area contributed by atoms with Crippen LogP contribution in [0.2, 0.25) is 0 Å². The van der Waals surface area contributed by atoms with E-state index in [1.165, 1.54) is 12.1 Å². The number of halogens is 1. The molecule has 0 aromatic heterocycles. The Bertz CT molecular complexity index is 627. The van der Waals surface area contributed by atoms with Gasteiger partial charge in [0, 0.05) is 4.47 Å². The summed E-state index contributed by atoms with van der Waals surface area (Å²) in [4.78, 5) is 7.28. The summed E-state index contributed by atoms with van der Waals surface area (Å²) >= 11 is 3.25. The van der Waals surface area contributed by atoms with E-state index in [1.807, 2.05) is 30.3 Å². The summed E-state index contributed by atoms with van der Waals surface area (Å²) < 4.78 is 24.6. The number of nitrogens with one attached hydrogen (secondary N) is 1. The van der Waals surface area contributed by atoms with Gasteiger partial charge in [0.05, 0.1) is 11.5 Å². The molecule has 0 heterocycles.